The summed E-state index contributed by atoms with van der Waals surface area (Å²) in [4.78, 5) is 25.5. The highest BCUT2D eigenvalue weighted by atomic mass is 19.1. The van der Waals surface area contributed by atoms with Crippen molar-refractivity contribution in [3.63, 3.8) is 0 Å². The molecule has 2 aromatic rings. The highest BCUT2D eigenvalue weighted by molar-refractivity contribution is 5.77. The predicted octanol–water partition coefficient (Wildman–Crippen LogP) is 3.56. The normalized spacial score (nSPS) is 19.4. The molecule has 1 aliphatic rings. The number of carbonyl (C=O) groups excluding carboxylic acids is 1. The summed E-state index contributed by atoms with van der Waals surface area (Å²) < 4.78 is 14.0. The number of benzene rings is 1. The molecule has 3 rings (SSSR count). The zero-order chi connectivity index (χ0) is 22.9. The van der Waals surface area contributed by atoms with Gasteiger partial charge in [0, 0.05) is 44.2 Å². The van der Waals surface area contributed by atoms with Crippen LogP contribution in [0.3, 0.4) is 0 Å². The van der Waals surface area contributed by atoms with Gasteiger partial charge < -0.3 is 21.3 Å². The van der Waals surface area contributed by atoms with E-state index >= 15 is 0 Å². The molecular formula is C23H33FN6O. The lowest BCUT2D eigenvalue weighted by molar-refractivity contribution is -0.134. The SMILES string of the molecule is C[C@@H]1C[C@@H](N(C)C(=O)CC(C)(C)C)CN(c2cc(-c3ccc(N)c(F)c3)nc(N)n2)C1. The number of rotatable bonds is 4. The molecule has 31 heavy (non-hydrogen) atoms. The third-order valence-corrected chi connectivity index (χ3v) is 5.61. The molecule has 1 aliphatic heterocycles. The zero-order valence-corrected chi connectivity index (χ0v) is 19.0. The van der Waals surface area contributed by atoms with Crippen LogP contribution in [0.25, 0.3) is 11.3 Å². The number of halogens is 1. The second-order valence-corrected chi connectivity index (χ2v) is 9.85. The molecule has 168 valence electrons. The number of hydrogen-bond acceptors (Lipinski definition) is 6. The topological polar surface area (TPSA) is 101 Å². The molecule has 1 saturated heterocycles. The van der Waals surface area contributed by atoms with Crippen molar-refractivity contribution in [3.05, 3.63) is 30.1 Å². The lowest BCUT2D eigenvalue weighted by atomic mass is 9.90. The maximum Gasteiger partial charge on any atom is 0.223 e. The molecule has 0 radical (unpaired) electrons. The Hall–Kier alpha value is -2.90. The molecule has 0 unspecified atom stereocenters. The van der Waals surface area contributed by atoms with E-state index in [4.69, 9.17) is 11.5 Å². The smallest absolute Gasteiger partial charge is 0.223 e. The van der Waals surface area contributed by atoms with Crippen molar-refractivity contribution in [2.45, 2.75) is 46.6 Å². The Labute approximate surface area is 183 Å². The number of nitrogens with zero attached hydrogens (tertiary/aromatic N) is 4. The number of nitrogen functional groups attached to an aromatic ring is 2. The van der Waals surface area contributed by atoms with Gasteiger partial charge in [-0.05, 0) is 29.9 Å². The fourth-order valence-corrected chi connectivity index (χ4v) is 4.02. The first-order chi connectivity index (χ1) is 14.4. The Morgan fingerprint density at radius 2 is 1.94 bits per heavy atom. The Kier molecular flexibility index (Phi) is 6.38. The predicted molar refractivity (Wildman–Crippen MR) is 123 cm³/mol. The summed E-state index contributed by atoms with van der Waals surface area (Å²) in [6, 6.07) is 6.46. The van der Waals surface area contributed by atoms with Crippen molar-refractivity contribution in [3.8, 4) is 11.3 Å². The van der Waals surface area contributed by atoms with Gasteiger partial charge in [0.1, 0.15) is 11.6 Å². The number of hydrogen-bond donors (Lipinski definition) is 2. The zero-order valence-electron chi connectivity index (χ0n) is 19.0. The molecule has 4 N–H and O–H groups in total. The van der Waals surface area contributed by atoms with Crippen LogP contribution in [0.1, 0.15) is 40.5 Å². The molecule has 2 heterocycles. The number of carbonyl (C=O) groups is 1. The highest BCUT2D eigenvalue weighted by Crippen LogP contribution is 2.29. The number of amides is 1. The van der Waals surface area contributed by atoms with Crippen molar-refractivity contribution in [1.29, 1.82) is 0 Å². The second kappa shape index (κ2) is 8.69. The fourth-order valence-electron chi connectivity index (χ4n) is 4.02. The van der Waals surface area contributed by atoms with E-state index in [1.54, 1.807) is 6.07 Å². The lowest BCUT2D eigenvalue weighted by Gasteiger charge is -2.41. The number of aromatic nitrogens is 2. The van der Waals surface area contributed by atoms with Crippen molar-refractivity contribution < 1.29 is 9.18 Å². The first-order valence-electron chi connectivity index (χ1n) is 10.6. The first kappa shape index (κ1) is 22.8. The number of likely N-dealkylation sites (N-methyl/N-ethyl adjacent to an activating group) is 1. The van der Waals surface area contributed by atoms with Gasteiger partial charge in [-0.15, -0.1) is 0 Å². The molecule has 0 bridgehead atoms. The van der Waals surface area contributed by atoms with Crippen molar-refractivity contribution >= 4 is 23.4 Å². The van der Waals surface area contributed by atoms with Crippen LogP contribution in [0.5, 0.6) is 0 Å². The molecule has 1 fully saturated rings. The Balaban J connectivity index is 1.85. The molecule has 0 spiro atoms. The van der Waals surface area contributed by atoms with Crippen LogP contribution < -0.4 is 16.4 Å². The van der Waals surface area contributed by atoms with E-state index in [1.807, 2.05) is 18.0 Å². The Morgan fingerprint density at radius 1 is 1.23 bits per heavy atom. The van der Waals surface area contributed by atoms with Gasteiger partial charge in [-0.1, -0.05) is 33.8 Å². The van der Waals surface area contributed by atoms with Gasteiger partial charge in [-0.2, -0.15) is 4.98 Å². The third-order valence-electron chi connectivity index (χ3n) is 5.61. The lowest BCUT2D eigenvalue weighted by Crippen LogP contribution is -2.51. The molecule has 8 heteroatoms. The van der Waals surface area contributed by atoms with Crippen molar-refractivity contribution in [1.82, 2.24) is 14.9 Å². The Bertz CT molecular complexity index is 958. The van der Waals surface area contributed by atoms with E-state index in [1.165, 1.54) is 12.1 Å². The van der Waals surface area contributed by atoms with Crippen LogP contribution in [0.15, 0.2) is 24.3 Å². The van der Waals surface area contributed by atoms with E-state index in [2.05, 4.69) is 42.6 Å². The van der Waals surface area contributed by atoms with E-state index in [9.17, 15) is 9.18 Å². The van der Waals surface area contributed by atoms with E-state index in [-0.39, 0.29) is 29.0 Å². The van der Waals surface area contributed by atoms with Crippen LogP contribution >= 0.6 is 0 Å². The molecular weight excluding hydrogens is 395 g/mol. The highest BCUT2D eigenvalue weighted by Gasteiger charge is 2.32. The minimum absolute atomic E-state index is 0.0598. The first-order valence-corrected chi connectivity index (χ1v) is 10.6. The summed E-state index contributed by atoms with van der Waals surface area (Å²) in [6.07, 6.45) is 1.43. The molecule has 1 aromatic carbocycles. The maximum absolute atomic E-state index is 14.0. The summed E-state index contributed by atoms with van der Waals surface area (Å²) in [5.74, 6) is 0.815. The van der Waals surface area contributed by atoms with Crippen LogP contribution in [0.4, 0.5) is 21.8 Å². The number of anilines is 3. The minimum atomic E-state index is -0.498. The van der Waals surface area contributed by atoms with Gasteiger partial charge in [0.05, 0.1) is 11.4 Å². The van der Waals surface area contributed by atoms with Crippen LogP contribution in [-0.2, 0) is 4.79 Å². The molecule has 0 saturated carbocycles. The van der Waals surface area contributed by atoms with E-state index in [0.29, 0.717) is 36.0 Å². The number of nitrogens with two attached hydrogens (primary N) is 2. The molecule has 2 atom stereocenters. The summed E-state index contributed by atoms with van der Waals surface area (Å²) >= 11 is 0. The van der Waals surface area contributed by atoms with Crippen molar-refractivity contribution in [2.24, 2.45) is 11.3 Å². The minimum Gasteiger partial charge on any atom is -0.396 e. The molecule has 7 nitrogen and oxygen atoms in total. The van der Waals surface area contributed by atoms with Gasteiger partial charge in [0.2, 0.25) is 11.9 Å². The number of piperidine rings is 1. The summed E-state index contributed by atoms with van der Waals surface area (Å²) in [5.41, 5.74) is 12.7. The molecule has 0 aliphatic carbocycles. The second-order valence-electron chi connectivity index (χ2n) is 9.85. The third kappa shape index (κ3) is 5.62. The summed E-state index contributed by atoms with van der Waals surface area (Å²) in [7, 11) is 1.88. The van der Waals surface area contributed by atoms with Gasteiger partial charge in [0.25, 0.3) is 0 Å². The molecule has 1 aromatic heterocycles. The molecule has 1 amide bonds. The van der Waals surface area contributed by atoms with Crippen LogP contribution in [0.2, 0.25) is 0 Å². The van der Waals surface area contributed by atoms with Gasteiger partial charge in [-0.3, -0.25) is 4.79 Å². The van der Waals surface area contributed by atoms with Crippen LogP contribution in [-0.4, -0.2) is 47.0 Å². The fraction of sp³-hybridized carbons (Fsp3) is 0.522. The van der Waals surface area contributed by atoms with E-state index < -0.39 is 5.82 Å². The standard InChI is InChI=1S/C23H33FN6O/c1-14-8-16(29(5)21(31)11-23(2,3)4)13-30(12-14)20-10-19(27-22(26)28-20)15-6-7-18(25)17(24)9-15/h6-7,9-10,14,16H,8,11-13,25H2,1-5H3,(H2,26,27,28)/t14-,16-/m1/s1. The van der Waals surface area contributed by atoms with E-state index in [0.717, 1.165) is 13.0 Å². The summed E-state index contributed by atoms with van der Waals surface area (Å²) in [5, 5.41) is 0. The van der Waals surface area contributed by atoms with Gasteiger partial charge >= 0.3 is 0 Å². The average Bonchev–Trinajstić information content (AvgIpc) is 2.67. The van der Waals surface area contributed by atoms with Crippen molar-refractivity contribution in [2.75, 3.05) is 36.5 Å². The van der Waals surface area contributed by atoms with Gasteiger partial charge in [0.15, 0.2) is 0 Å². The quantitative estimate of drug-likeness (QED) is 0.722. The maximum atomic E-state index is 14.0. The average molecular weight is 429 g/mol. The Morgan fingerprint density at radius 3 is 2.58 bits per heavy atom. The van der Waals surface area contributed by atoms with Crippen LogP contribution in [0, 0.1) is 17.2 Å². The largest absolute Gasteiger partial charge is 0.396 e. The van der Waals surface area contributed by atoms with Gasteiger partial charge in [-0.25, -0.2) is 9.37 Å². The monoisotopic (exact) mass is 428 g/mol. The summed E-state index contributed by atoms with van der Waals surface area (Å²) in [6.45, 7) is 9.83.